The number of pyridine rings is 7. The summed E-state index contributed by atoms with van der Waals surface area (Å²) in [6.07, 6.45) is 51.3. The first kappa shape index (κ1) is 118. The number of aryl methyl sites for hydroxylation is 5. The molecule has 140 heavy (non-hydrogen) atoms. The lowest BCUT2D eigenvalue weighted by Crippen LogP contribution is -2.44. The number of thioether (sulfide) groups is 7. The molecule has 7 heterocycles. The molecule has 0 saturated heterocycles. The number of hydrogen-bond acceptors (Lipinski definition) is 27. The maximum Gasteiger partial charge on any atom is 0.454 e. The van der Waals surface area contributed by atoms with Gasteiger partial charge in [-0.1, -0.05) is 12.8 Å². The number of nitriles is 1. The minimum absolute atomic E-state index is 0.00194. The molecule has 7 aromatic rings. The molecule has 12 saturated carbocycles. The number of carbonyl (C=O) groups excluding carboxylic acids is 1. The Morgan fingerprint density at radius 1 is 0.443 bits per heavy atom. The van der Waals surface area contributed by atoms with Gasteiger partial charge in [-0.05, 0) is 365 Å². The number of nitrogens with zero attached hydrogens (tertiary/aromatic N) is 7. The standard InChI is InChI=1S/C14H16N2O2S.C14H19NO2.C13H18BrNOS2.C13H18N2O2.C11H14BrNO2.C11H12BrNO2.C8H16O3S3.C7H14OS2.C6H6BrNO.C3H7BO2/c15-8-19-13-5-11(9-1-2-9)7-16(14(13)18)6-10-3-4-12(10)17;1-9-6-12(10-2-3-10)8-15(14(9)17)7-11-4-5-13(11)16;1-9-6-11(14)8-15(12(9)16)7-10-4-5-13(10,17-2)18-3;14-11-5-10(8-1-2-8)7-15(13(11)17)6-9-3-4-12(9)16;2*1-7-4-9(12)6-13(11(7)15)5-8-2-3-10(8)14;1-12-8(13-2)5-4-7(8)6-11-14(3,9)10;1-9-7(10-2)4-3-6(7)5-8;1-4-2-5(7)3-8-6(4)9;5-4(6)3-1-2-3/h5,7,9-10,12,17H,1-4,6H2;6,8,10-11,13,16H,2-5,7H2,1H3;6,8,10H,4-5,7H2,1-3H3;5,7-9,12,16H,1-4,6,14H2;4,6,8,10,14H,2-3,5H2,1H3;4,6,8H,2-3,5H2,1H3;7H,4-6H2,1-3H3;6,8H,3-5H2,1-2H3;2-3H,1H3,(H,8,9);3,5-6H,1-2H2/t10?,12-;11?,13-;;9?,12-;8?,10-;;;;;/m00.00...../s1. The van der Waals surface area contributed by atoms with E-state index in [9.17, 15) is 67.2 Å². The predicted molar refractivity (Wildman–Crippen MR) is 589 cm³/mol. The van der Waals surface area contributed by atoms with Crippen LogP contribution in [0.25, 0.3) is 0 Å². The molecule has 7 aromatic heterocycles. The fourth-order valence-electron chi connectivity index (χ4n) is 17.9. The zero-order chi connectivity index (χ0) is 103. The van der Waals surface area contributed by atoms with Crippen molar-refractivity contribution >= 4 is 175 Å². The third kappa shape index (κ3) is 33.1. The average Bonchev–Trinajstić information content (AvgIpc) is 1.46. The van der Waals surface area contributed by atoms with E-state index in [1.165, 1.54) is 75.3 Å². The Kier molecular flexibility index (Phi) is 45.5. The van der Waals surface area contributed by atoms with Gasteiger partial charge in [-0.2, -0.15) is 13.7 Å². The van der Waals surface area contributed by atoms with Crippen LogP contribution in [0.1, 0.15) is 216 Å². The lowest BCUT2D eigenvalue weighted by atomic mass is 9.82. The zero-order valence-corrected chi connectivity index (χ0v) is 95.0. The van der Waals surface area contributed by atoms with Crippen molar-refractivity contribution in [1.82, 2.24) is 32.4 Å². The monoisotopic (exact) mass is 2340 g/mol. The van der Waals surface area contributed by atoms with Crippen LogP contribution in [0.5, 0.6) is 0 Å². The smallest absolute Gasteiger partial charge is 0.427 e. The summed E-state index contributed by atoms with van der Waals surface area (Å²) in [4.78, 5) is 96.7. The Morgan fingerprint density at radius 3 is 1.09 bits per heavy atom. The summed E-state index contributed by atoms with van der Waals surface area (Å²) in [7, 11) is -4.32. The van der Waals surface area contributed by atoms with Crippen molar-refractivity contribution in [2.24, 2.45) is 47.3 Å². The second kappa shape index (κ2) is 54.2. The molecule has 0 aliphatic heterocycles. The van der Waals surface area contributed by atoms with Crippen molar-refractivity contribution < 1.29 is 53.0 Å². The van der Waals surface area contributed by atoms with Gasteiger partial charge in [-0.3, -0.25) is 42.5 Å². The third-order valence-corrected chi connectivity index (χ3v) is 42.3. The fourth-order valence-corrected chi connectivity index (χ4v) is 28.1. The van der Waals surface area contributed by atoms with E-state index in [4.69, 9.17) is 30.3 Å². The van der Waals surface area contributed by atoms with Crippen LogP contribution in [0.15, 0.2) is 142 Å². The minimum Gasteiger partial charge on any atom is -0.427 e. The van der Waals surface area contributed by atoms with Crippen LogP contribution >= 0.6 is 146 Å². The van der Waals surface area contributed by atoms with Gasteiger partial charge in [0.2, 0.25) is 0 Å². The highest BCUT2D eigenvalue weighted by molar-refractivity contribution is 9.11. The third-order valence-electron chi connectivity index (χ3n) is 29.0. The molecular formula is C100H140BBr4N9O18S8. The number of ketones is 1. The number of nitrogens with one attached hydrogen (secondary N) is 1. The normalized spacial score (nSPS) is 24.1. The predicted octanol–water partition coefficient (Wildman–Crippen LogP) is 17.0. The highest BCUT2D eigenvalue weighted by atomic mass is 79.9. The number of aromatic nitrogens is 7. The SMILES string of the molecule is CSC1(SC)CCC1CO.CSC1(SC)CCC1COS(C)(=O)=O.CSC1(SC)CCC1Cn1cc(Br)cc(C)c1=O.Cc1cc(Br)c[nH]c1=O.Cc1cc(Br)cn(CC2CCC2=O)c1=O.Cc1cc(Br)cn(CC2CC[C@@H]2O)c1=O.Cc1cc(C2CC2)cn(CC2CC[C@@H]2O)c1=O.N#CSc1cc(C2CC2)cn(CC2CC[C@@H]2O)c1=O.Nc1cc(C2CC2)cn(CC2CC[C@@H]2O)c1=O.OB(O)C1CC1. The number of thiocyanates is 1. The fraction of sp³-hybridized carbons (Fsp3) is 0.630. The van der Waals surface area contributed by atoms with Gasteiger partial charge >= 0.3 is 7.12 Å². The van der Waals surface area contributed by atoms with E-state index in [-0.39, 0.29) is 109 Å². The number of rotatable bonds is 27. The quantitative estimate of drug-likeness (QED) is 0.00759. The molecule has 12 fully saturated rings. The lowest BCUT2D eigenvalue weighted by molar-refractivity contribution is -0.129. The molecule has 772 valence electrons. The van der Waals surface area contributed by atoms with E-state index in [1.807, 2.05) is 131 Å². The van der Waals surface area contributed by atoms with Crippen molar-refractivity contribution in [3.8, 4) is 5.40 Å². The number of nitrogens with two attached hydrogens (primary N) is 1. The summed E-state index contributed by atoms with van der Waals surface area (Å²) in [5.41, 5.74) is 13.6. The van der Waals surface area contributed by atoms with Gasteiger partial charge in [0, 0.05) is 189 Å². The van der Waals surface area contributed by atoms with Crippen LogP contribution in [0.4, 0.5) is 5.69 Å². The lowest BCUT2D eigenvalue weighted by Gasteiger charge is -2.47. The molecule has 0 amide bonds. The molecule has 0 bridgehead atoms. The maximum atomic E-state index is 12.2. The van der Waals surface area contributed by atoms with Crippen molar-refractivity contribution in [3.05, 3.63) is 221 Å². The number of nitrogen functional groups attached to an aromatic ring is 1. The van der Waals surface area contributed by atoms with Crippen LogP contribution in [-0.2, 0) is 58.4 Å². The number of halogens is 4. The van der Waals surface area contributed by atoms with Crippen molar-refractivity contribution in [3.63, 3.8) is 0 Å². The zero-order valence-electron chi connectivity index (χ0n) is 82.1. The molecule has 10 N–H and O–H groups in total. The maximum absolute atomic E-state index is 12.2. The molecule has 12 aliphatic rings. The number of anilines is 1. The van der Waals surface area contributed by atoms with Gasteiger partial charge in [0.25, 0.3) is 49.0 Å². The molecule has 19 rings (SSSR count). The van der Waals surface area contributed by atoms with Crippen LogP contribution in [0, 0.1) is 92.6 Å². The van der Waals surface area contributed by atoms with Gasteiger partial charge in [-0.15, -0.1) is 70.6 Å². The largest absolute Gasteiger partial charge is 0.454 e. The highest BCUT2D eigenvalue weighted by Crippen LogP contribution is 2.57. The first-order valence-electron chi connectivity index (χ1n) is 48.2. The topological polar surface area (TPSA) is 417 Å². The molecule has 0 spiro atoms. The van der Waals surface area contributed by atoms with E-state index in [0.29, 0.717) is 112 Å². The highest BCUT2D eigenvalue weighted by Gasteiger charge is 2.49. The first-order chi connectivity index (χ1) is 66.4. The Bertz CT molecular complexity index is 5840. The molecule has 12 atom stereocenters. The summed E-state index contributed by atoms with van der Waals surface area (Å²) >= 11 is 25.6. The molecule has 40 heteroatoms. The average molecular weight is 2340 g/mol. The van der Waals surface area contributed by atoms with E-state index < -0.39 is 17.2 Å². The minimum atomic E-state index is -3.28. The summed E-state index contributed by atoms with van der Waals surface area (Å²) in [5, 5.41) is 74.5. The van der Waals surface area contributed by atoms with Crippen molar-refractivity contribution in [2.75, 3.05) is 62.7 Å². The molecule has 27 nitrogen and oxygen atoms in total. The first-order valence-corrected chi connectivity index (χ1v) is 61.4. The Balaban J connectivity index is 0.000000162. The summed E-state index contributed by atoms with van der Waals surface area (Å²) in [5.74, 6) is 4.79. The molecular weight excluding hydrogens is 2200 g/mol. The summed E-state index contributed by atoms with van der Waals surface area (Å²) in [6, 6.07) is 13.0. The number of carbonyl (C=O) groups is 1. The van der Waals surface area contributed by atoms with Crippen LogP contribution < -0.4 is 44.6 Å². The molecule has 8 unspecified atom stereocenters. The summed E-state index contributed by atoms with van der Waals surface area (Å²) in [6.45, 7) is 13.7. The van der Waals surface area contributed by atoms with Gasteiger partial charge in [0.05, 0.1) is 60.1 Å². The van der Waals surface area contributed by atoms with Gasteiger partial charge in [-0.25, -0.2) is 0 Å². The number of aliphatic hydroxyl groups excluding tert-OH is 5. The van der Waals surface area contributed by atoms with Crippen molar-refractivity contribution in [1.29, 1.82) is 5.26 Å². The Hall–Kier alpha value is -4.33. The van der Waals surface area contributed by atoms with Gasteiger partial charge in [0.15, 0.2) is 0 Å². The van der Waals surface area contributed by atoms with Crippen LogP contribution in [0.2, 0.25) is 5.82 Å². The number of hydrogen-bond donors (Lipinski definition) is 9. The second-order valence-corrected chi connectivity index (χ2v) is 52.8. The number of aromatic amines is 1. The Labute approximate surface area is 886 Å². The van der Waals surface area contributed by atoms with Crippen LogP contribution in [-0.4, -0.2) is 183 Å². The van der Waals surface area contributed by atoms with Gasteiger partial charge in [0.1, 0.15) is 11.2 Å². The Morgan fingerprint density at radius 2 is 0.793 bits per heavy atom. The summed E-state index contributed by atoms with van der Waals surface area (Å²) < 4.78 is 41.4. The van der Waals surface area contributed by atoms with Crippen molar-refractivity contribution in [2.45, 2.75) is 293 Å². The van der Waals surface area contributed by atoms with E-state index in [0.717, 1.165) is 154 Å². The van der Waals surface area contributed by atoms with E-state index in [2.05, 4.69) is 106 Å². The van der Waals surface area contributed by atoms with E-state index in [1.54, 1.807) is 93.3 Å². The molecule has 0 aromatic carbocycles. The van der Waals surface area contributed by atoms with Gasteiger partial charge < -0.3 is 73.7 Å². The molecule has 12 aliphatic carbocycles. The number of Topliss-reactive ketones (excluding diaryl/α,β-unsaturated/α-hetero) is 1. The number of H-pyrrole nitrogens is 1. The second-order valence-electron chi connectivity index (χ2n) is 39.0. The van der Waals surface area contributed by atoms with Crippen LogP contribution in [0.3, 0.4) is 0 Å². The number of aliphatic hydroxyl groups is 5. The van der Waals surface area contributed by atoms with E-state index >= 15 is 0 Å². The molecule has 0 radical (unpaired) electrons.